The number of hydrogen-bond donors (Lipinski definition) is 3. The smallest absolute Gasteiger partial charge is 0.320 e. The van der Waals surface area contributed by atoms with Crippen LogP contribution in [0.25, 0.3) is 0 Å². The fourth-order valence-electron chi connectivity index (χ4n) is 0.593. The summed E-state index contributed by atoms with van der Waals surface area (Å²) in [4.78, 5) is 21.1. The molecule has 1 atom stereocenters. The van der Waals surface area contributed by atoms with Gasteiger partial charge in [-0.15, -0.1) is 0 Å². The molecule has 0 saturated carbocycles. The van der Waals surface area contributed by atoms with Gasteiger partial charge < -0.3 is 10.4 Å². The van der Waals surface area contributed by atoms with Crippen LogP contribution in [0.15, 0.2) is 0 Å². The second kappa shape index (κ2) is 5.54. The van der Waals surface area contributed by atoms with Crippen molar-refractivity contribution >= 4 is 11.9 Å². The molecule has 1 amide bonds. The zero-order valence-electron chi connectivity index (χ0n) is 7.26. The number of carboxylic acid groups (broad SMARTS) is 1. The van der Waals surface area contributed by atoms with E-state index < -0.39 is 12.0 Å². The van der Waals surface area contributed by atoms with E-state index in [0.29, 0.717) is 6.54 Å². The van der Waals surface area contributed by atoms with Crippen molar-refractivity contribution in [2.45, 2.75) is 19.9 Å². The van der Waals surface area contributed by atoms with Crippen molar-refractivity contribution in [1.29, 1.82) is 0 Å². The molecule has 0 aliphatic heterocycles. The molecule has 0 bridgehead atoms. The Morgan fingerprint density at radius 1 is 1.50 bits per heavy atom. The molecule has 0 aromatic rings. The summed E-state index contributed by atoms with van der Waals surface area (Å²) in [7, 11) is 0. The summed E-state index contributed by atoms with van der Waals surface area (Å²) in [6, 6.07) is -0.687. The molecule has 0 aliphatic rings. The maximum atomic E-state index is 10.8. The van der Waals surface area contributed by atoms with Crippen molar-refractivity contribution in [1.82, 2.24) is 10.6 Å². The molecule has 0 spiro atoms. The minimum Gasteiger partial charge on any atom is -0.480 e. The van der Waals surface area contributed by atoms with Gasteiger partial charge in [0.1, 0.15) is 6.04 Å². The standard InChI is InChI=1S/C7H14N2O3/c1-3-8-6(10)4-9-5(2)7(11)12/h5,9H,3-4H2,1-2H3,(H,8,10)(H,11,12)/t5-/m0/s1. The average Bonchev–Trinajstić information content (AvgIpc) is 2.00. The molecule has 0 radical (unpaired) electrons. The molecule has 0 unspecified atom stereocenters. The van der Waals surface area contributed by atoms with Gasteiger partial charge in [-0.3, -0.25) is 14.9 Å². The van der Waals surface area contributed by atoms with Crippen LogP contribution >= 0.6 is 0 Å². The third-order valence-electron chi connectivity index (χ3n) is 1.31. The number of rotatable bonds is 5. The van der Waals surface area contributed by atoms with E-state index in [9.17, 15) is 9.59 Å². The number of carboxylic acids is 1. The molecule has 0 saturated heterocycles. The highest BCUT2D eigenvalue weighted by Crippen LogP contribution is 1.78. The van der Waals surface area contributed by atoms with Crippen LogP contribution in [0.2, 0.25) is 0 Å². The first kappa shape index (κ1) is 10.9. The van der Waals surface area contributed by atoms with Crippen LogP contribution in [0, 0.1) is 0 Å². The van der Waals surface area contributed by atoms with Gasteiger partial charge in [0.05, 0.1) is 6.54 Å². The molecule has 5 heteroatoms. The lowest BCUT2D eigenvalue weighted by atomic mass is 10.3. The van der Waals surface area contributed by atoms with Gasteiger partial charge in [0.25, 0.3) is 0 Å². The van der Waals surface area contributed by atoms with Gasteiger partial charge in [0, 0.05) is 6.54 Å². The predicted molar refractivity (Wildman–Crippen MR) is 43.8 cm³/mol. The summed E-state index contributed by atoms with van der Waals surface area (Å²) in [6.45, 7) is 3.89. The van der Waals surface area contributed by atoms with E-state index in [1.54, 1.807) is 6.92 Å². The second-order valence-electron chi connectivity index (χ2n) is 2.39. The van der Waals surface area contributed by atoms with Gasteiger partial charge >= 0.3 is 5.97 Å². The lowest BCUT2D eigenvalue weighted by molar-refractivity contribution is -0.139. The van der Waals surface area contributed by atoms with Crippen molar-refractivity contribution in [3.05, 3.63) is 0 Å². The van der Waals surface area contributed by atoms with Crippen molar-refractivity contribution < 1.29 is 14.7 Å². The van der Waals surface area contributed by atoms with Crippen LogP contribution < -0.4 is 10.6 Å². The molecular formula is C7H14N2O3. The molecule has 5 nitrogen and oxygen atoms in total. The lowest BCUT2D eigenvalue weighted by Crippen LogP contribution is -2.41. The molecule has 0 aliphatic carbocycles. The van der Waals surface area contributed by atoms with Gasteiger partial charge in [-0.1, -0.05) is 0 Å². The van der Waals surface area contributed by atoms with Gasteiger partial charge in [-0.05, 0) is 13.8 Å². The zero-order chi connectivity index (χ0) is 9.56. The fraction of sp³-hybridized carbons (Fsp3) is 0.714. The number of carbonyl (C=O) groups is 2. The number of amides is 1. The van der Waals surface area contributed by atoms with Crippen LogP contribution in [-0.2, 0) is 9.59 Å². The Morgan fingerprint density at radius 2 is 2.08 bits per heavy atom. The maximum Gasteiger partial charge on any atom is 0.320 e. The Morgan fingerprint density at radius 3 is 2.50 bits per heavy atom. The van der Waals surface area contributed by atoms with Crippen LogP contribution in [0.1, 0.15) is 13.8 Å². The maximum absolute atomic E-state index is 10.8. The summed E-state index contributed by atoms with van der Waals surface area (Å²) in [6.07, 6.45) is 0. The third-order valence-corrected chi connectivity index (χ3v) is 1.31. The van der Waals surface area contributed by atoms with Crippen LogP contribution in [0.3, 0.4) is 0 Å². The Bertz CT molecular complexity index is 170. The Hall–Kier alpha value is -1.10. The van der Waals surface area contributed by atoms with Crippen LogP contribution in [0.4, 0.5) is 0 Å². The molecule has 0 rings (SSSR count). The van der Waals surface area contributed by atoms with Gasteiger partial charge in [0.2, 0.25) is 5.91 Å². The van der Waals surface area contributed by atoms with Crippen molar-refractivity contribution in [2.24, 2.45) is 0 Å². The highest BCUT2D eigenvalue weighted by Gasteiger charge is 2.10. The summed E-state index contributed by atoms with van der Waals surface area (Å²) >= 11 is 0. The number of carbonyl (C=O) groups excluding carboxylic acids is 1. The molecule has 0 fully saturated rings. The molecule has 70 valence electrons. The van der Waals surface area contributed by atoms with E-state index in [0.717, 1.165) is 0 Å². The normalized spacial score (nSPS) is 12.2. The lowest BCUT2D eigenvalue weighted by Gasteiger charge is -2.07. The topological polar surface area (TPSA) is 78.4 Å². The van der Waals surface area contributed by atoms with E-state index in [1.807, 2.05) is 0 Å². The molecule has 3 N–H and O–H groups in total. The minimum atomic E-state index is -0.959. The molecule has 12 heavy (non-hydrogen) atoms. The van der Waals surface area contributed by atoms with E-state index in [4.69, 9.17) is 5.11 Å². The molecular weight excluding hydrogens is 160 g/mol. The monoisotopic (exact) mass is 174 g/mol. The Kier molecular flexibility index (Phi) is 5.03. The Labute approximate surface area is 71.1 Å². The summed E-state index contributed by atoms with van der Waals surface area (Å²) in [5, 5.41) is 13.5. The van der Waals surface area contributed by atoms with E-state index in [-0.39, 0.29) is 12.5 Å². The van der Waals surface area contributed by atoms with Crippen molar-refractivity contribution in [2.75, 3.05) is 13.1 Å². The predicted octanol–water partition coefficient (Wildman–Crippen LogP) is -0.815. The third kappa shape index (κ3) is 4.68. The largest absolute Gasteiger partial charge is 0.480 e. The molecule has 0 aromatic heterocycles. The fourth-order valence-corrected chi connectivity index (χ4v) is 0.593. The molecule has 0 heterocycles. The summed E-state index contributed by atoms with van der Waals surface area (Å²) in [5.74, 6) is -1.15. The first-order valence-corrected chi connectivity index (χ1v) is 3.80. The highest BCUT2D eigenvalue weighted by atomic mass is 16.4. The van der Waals surface area contributed by atoms with Gasteiger partial charge in [-0.2, -0.15) is 0 Å². The van der Waals surface area contributed by atoms with E-state index in [1.165, 1.54) is 6.92 Å². The highest BCUT2D eigenvalue weighted by molar-refractivity contribution is 5.79. The number of likely N-dealkylation sites (N-methyl/N-ethyl adjacent to an activating group) is 1. The summed E-state index contributed by atoms with van der Waals surface area (Å²) in [5.41, 5.74) is 0. The number of hydrogen-bond acceptors (Lipinski definition) is 3. The van der Waals surface area contributed by atoms with Crippen molar-refractivity contribution in [3.63, 3.8) is 0 Å². The van der Waals surface area contributed by atoms with E-state index >= 15 is 0 Å². The van der Waals surface area contributed by atoms with Gasteiger partial charge in [0.15, 0.2) is 0 Å². The van der Waals surface area contributed by atoms with E-state index in [2.05, 4.69) is 10.6 Å². The molecule has 0 aromatic carbocycles. The SMILES string of the molecule is CCNC(=O)CN[C@@H](C)C(=O)O. The van der Waals surface area contributed by atoms with Crippen LogP contribution in [0.5, 0.6) is 0 Å². The summed E-state index contributed by atoms with van der Waals surface area (Å²) < 4.78 is 0. The first-order chi connectivity index (χ1) is 5.57. The van der Waals surface area contributed by atoms with Gasteiger partial charge in [-0.25, -0.2) is 0 Å². The number of aliphatic carboxylic acids is 1. The quantitative estimate of drug-likeness (QED) is 0.509. The number of nitrogens with one attached hydrogen (secondary N) is 2. The van der Waals surface area contributed by atoms with Crippen molar-refractivity contribution in [3.8, 4) is 0 Å². The first-order valence-electron chi connectivity index (χ1n) is 3.80. The minimum absolute atomic E-state index is 0.0430. The second-order valence-corrected chi connectivity index (χ2v) is 2.39. The average molecular weight is 174 g/mol. The zero-order valence-corrected chi connectivity index (χ0v) is 7.26. The Balaban J connectivity index is 3.54. The van der Waals surface area contributed by atoms with Crippen LogP contribution in [-0.4, -0.2) is 36.1 Å².